The highest BCUT2D eigenvalue weighted by molar-refractivity contribution is 6.10. The van der Waals surface area contributed by atoms with Gasteiger partial charge in [-0.3, -0.25) is 4.79 Å². The Balaban J connectivity index is 1.43. The van der Waals surface area contributed by atoms with E-state index < -0.39 is 37.1 Å². The van der Waals surface area contributed by atoms with Crippen LogP contribution in [-0.2, 0) is 14.2 Å². The second kappa shape index (κ2) is 11.4. The molecule has 0 bridgehead atoms. The molecule has 2 aromatic carbocycles. The highest BCUT2D eigenvalue weighted by Gasteiger charge is 2.44. The number of hydrogen-bond donors (Lipinski definition) is 4. The van der Waals surface area contributed by atoms with Crippen LogP contribution >= 0.6 is 0 Å². The number of hydrogen-bond acceptors (Lipinski definition) is 10. The molecule has 0 unspecified atom stereocenters. The quantitative estimate of drug-likeness (QED) is 0.371. The molecule has 3 aliphatic rings. The van der Waals surface area contributed by atoms with Crippen molar-refractivity contribution in [2.75, 3.05) is 33.0 Å². The third-order valence-corrected chi connectivity index (χ3v) is 6.96. The van der Waals surface area contributed by atoms with Gasteiger partial charge in [-0.2, -0.15) is 0 Å². The SMILES string of the molecule is O=C(c1ccc(O[C@H]2CCOC2)cc1)c1cc([C@@H]2O[C@H](CO)[C@@H](O)[C@H](O)[C@H]2O)ccc1O[C@H]1CCOC1. The maximum Gasteiger partial charge on any atom is 0.196 e. The van der Waals surface area contributed by atoms with Gasteiger partial charge in [-0.15, -0.1) is 0 Å². The van der Waals surface area contributed by atoms with Gasteiger partial charge in [0.05, 0.1) is 38.6 Å². The Hall–Kier alpha value is -2.57. The van der Waals surface area contributed by atoms with Crippen LogP contribution in [0.2, 0.25) is 0 Å². The Morgan fingerprint density at radius 2 is 1.54 bits per heavy atom. The number of ether oxygens (including phenoxy) is 5. The number of carbonyl (C=O) groups excluding carboxylic acids is 1. The van der Waals surface area contributed by atoms with Gasteiger partial charge in [-0.25, -0.2) is 0 Å². The van der Waals surface area contributed by atoms with Crippen molar-refractivity contribution in [2.45, 2.75) is 55.6 Å². The zero-order valence-electron chi connectivity index (χ0n) is 20.3. The van der Waals surface area contributed by atoms with E-state index in [2.05, 4.69) is 0 Å². The summed E-state index contributed by atoms with van der Waals surface area (Å²) in [7, 11) is 0. The lowest BCUT2D eigenvalue weighted by molar-refractivity contribution is -0.231. The minimum Gasteiger partial charge on any atom is -0.488 e. The first-order valence-electron chi connectivity index (χ1n) is 12.5. The average Bonchev–Trinajstić information content (AvgIpc) is 3.63. The molecule has 3 heterocycles. The molecule has 200 valence electrons. The molecule has 0 aromatic heterocycles. The summed E-state index contributed by atoms with van der Waals surface area (Å²) in [5.41, 5.74) is 1.06. The number of ketones is 1. The Labute approximate surface area is 214 Å². The molecule has 37 heavy (non-hydrogen) atoms. The van der Waals surface area contributed by atoms with Crippen molar-refractivity contribution in [3.63, 3.8) is 0 Å². The number of aliphatic hydroxyl groups excluding tert-OH is 4. The summed E-state index contributed by atoms with van der Waals surface area (Å²) >= 11 is 0. The van der Waals surface area contributed by atoms with Gasteiger partial charge in [0.15, 0.2) is 5.78 Å². The first-order valence-corrected chi connectivity index (χ1v) is 12.5. The van der Waals surface area contributed by atoms with Gasteiger partial charge in [0, 0.05) is 18.4 Å². The summed E-state index contributed by atoms with van der Waals surface area (Å²) in [6.45, 7) is 1.65. The fourth-order valence-electron chi connectivity index (χ4n) is 4.81. The normalized spacial score (nSPS) is 31.8. The monoisotopic (exact) mass is 516 g/mol. The van der Waals surface area contributed by atoms with Crippen LogP contribution in [0.4, 0.5) is 0 Å². The van der Waals surface area contributed by atoms with Crippen molar-refractivity contribution in [3.05, 3.63) is 59.2 Å². The van der Waals surface area contributed by atoms with Crippen LogP contribution in [0.25, 0.3) is 0 Å². The third-order valence-electron chi connectivity index (χ3n) is 6.96. The summed E-state index contributed by atoms with van der Waals surface area (Å²) in [5, 5.41) is 40.5. The van der Waals surface area contributed by atoms with Gasteiger partial charge in [-0.05, 0) is 42.0 Å². The summed E-state index contributed by atoms with van der Waals surface area (Å²) in [4.78, 5) is 13.6. The summed E-state index contributed by atoms with van der Waals surface area (Å²) < 4.78 is 28.4. The number of benzene rings is 2. The van der Waals surface area contributed by atoms with E-state index in [9.17, 15) is 25.2 Å². The summed E-state index contributed by atoms with van der Waals surface area (Å²) in [6, 6.07) is 11.6. The largest absolute Gasteiger partial charge is 0.488 e. The molecule has 10 nitrogen and oxygen atoms in total. The molecule has 0 saturated carbocycles. The Morgan fingerprint density at radius 1 is 0.865 bits per heavy atom. The van der Waals surface area contributed by atoms with Crippen LogP contribution in [0.1, 0.15) is 40.4 Å². The predicted molar refractivity (Wildman–Crippen MR) is 129 cm³/mol. The lowest BCUT2D eigenvalue weighted by Gasteiger charge is -2.40. The molecule has 3 aliphatic heterocycles. The van der Waals surface area contributed by atoms with Crippen LogP contribution in [0.15, 0.2) is 42.5 Å². The first kappa shape index (κ1) is 26.1. The van der Waals surface area contributed by atoms with E-state index in [1.807, 2.05) is 0 Å². The number of aliphatic hydroxyl groups is 4. The molecule has 0 aliphatic carbocycles. The fraction of sp³-hybridized carbons (Fsp3) is 0.519. The molecular weight excluding hydrogens is 484 g/mol. The van der Waals surface area contributed by atoms with Crippen molar-refractivity contribution >= 4 is 5.78 Å². The lowest BCUT2D eigenvalue weighted by atomic mass is 9.89. The molecule has 4 N–H and O–H groups in total. The second-order valence-corrected chi connectivity index (χ2v) is 9.57. The van der Waals surface area contributed by atoms with Crippen molar-refractivity contribution in [1.29, 1.82) is 0 Å². The van der Waals surface area contributed by atoms with Gasteiger partial charge >= 0.3 is 0 Å². The highest BCUT2D eigenvalue weighted by Crippen LogP contribution is 2.36. The summed E-state index contributed by atoms with van der Waals surface area (Å²) in [5.74, 6) is 0.690. The minimum absolute atomic E-state index is 0.00889. The average molecular weight is 517 g/mol. The van der Waals surface area contributed by atoms with E-state index in [1.54, 1.807) is 42.5 Å². The van der Waals surface area contributed by atoms with Gasteiger partial charge < -0.3 is 44.1 Å². The highest BCUT2D eigenvalue weighted by atomic mass is 16.6. The smallest absolute Gasteiger partial charge is 0.196 e. The number of rotatable bonds is 8. The van der Waals surface area contributed by atoms with E-state index in [-0.39, 0.29) is 23.6 Å². The molecule has 0 spiro atoms. The molecule has 3 saturated heterocycles. The Kier molecular flexibility index (Phi) is 8.06. The lowest BCUT2D eigenvalue weighted by Crippen LogP contribution is -2.55. The fourth-order valence-corrected chi connectivity index (χ4v) is 4.81. The van der Waals surface area contributed by atoms with E-state index >= 15 is 0 Å². The van der Waals surface area contributed by atoms with Crippen LogP contribution in [0.5, 0.6) is 11.5 Å². The van der Waals surface area contributed by atoms with Crippen molar-refractivity contribution in [3.8, 4) is 11.5 Å². The van der Waals surface area contributed by atoms with Crippen LogP contribution < -0.4 is 9.47 Å². The molecule has 7 atom stereocenters. The Bertz CT molecular complexity index is 1060. The van der Waals surface area contributed by atoms with E-state index in [0.717, 1.165) is 6.42 Å². The summed E-state index contributed by atoms with van der Waals surface area (Å²) in [6.07, 6.45) is -5.30. The van der Waals surface area contributed by atoms with Crippen molar-refractivity contribution in [1.82, 2.24) is 0 Å². The van der Waals surface area contributed by atoms with Crippen LogP contribution in [0.3, 0.4) is 0 Å². The number of carbonyl (C=O) groups is 1. The van der Waals surface area contributed by atoms with Gasteiger partial charge in [0.25, 0.3) is 0 Å². The standard InChI is InChI=1S/C27H32O10/c28-12-22-24(30)25(31)26(32)27(37-22)16-3-6-21(36-19-8-10-34-14-19)20(11-16)23(29)15-1-4-17(5-2-15)35-18-7-9-33-13-18/h1-6,11,18-19,22,24-28,30-32H,7-10,12-14H2/t18-,19-,22+,24+,25-,26+,27-/m0/s1. The van der Waals surface area contributed by atoms with Crippen molar-refractivity contribution < 1.29 is 48.9 Å². The van der Waals surface area contributed by atoms with Crippen LogP contribution in [-0.4, -0.2) is 95.9 Å². The molecule has 5 rings (SSSR count). The molecule has 0 radical (unpaired) electrons. The molecular formula is C27H32O10. The minimum atomic E-state index is -1.53. The topological polar surface area (TPSA) is 144 Å². The molecule has 3 fully saturated rings. The molecule has 2 aromatic rings. The second-order valence-electron chi connectivity index (χ2n) is 9.57. The van der Waals surface area contributed by atoms with Crippen molar-refractivity contribution in [2.24, 2.45) is 0 Å². The molecule has 10 heteroatoms. The zero-order valence-corrected chi connectivity index (χ0v) is 20.3. The van der Waals surface area contributed by atoms with E-state index in [1.165, 1.54) is 0 Å². The maximum absolute atomic E-state index is 13.6. The van der Waals surface area contributed by atoms with E-state index in [0.29, 0.717) is 55.5 Å². The first-order chi connectivity index (χ1) is 17.9. The van der Waals surface area contributed by atoms with Gasteiger partial charge in [0.1, 0.15) is 54.2 Å². The zero-order chi connectivity index (χ0) is 25.9. The Morgan fingerprint density at radius 3 is 2.16 bits per heavy atom. The van der Waals surface area contributed by atoms with Crippen LogP contribution in [0, 0.1) is 0 Å². The third kappa shape index (κ3) is 5.65. The molecule has 0 amide bonds. The van der Waals surface area contributed by atoms with Gasteiger partial charge in [0.2, 0.25) is 0 Å². The van der Waals surface area contributed by atoms with Gasteiger partial charge in [-0.1, -0.05) is 6.07 Å². The van der Waals surface area contributed by atoms with E-state index in [4.69, 9.17) is 23.7 Å². The maximum atomic E-state index is 13.6. The predicted octanol–water partition coefficient (Wildman–Crippen LogP) is 0.768.